The molecule has 0 unspecified atom stereocenters. The number of aliphatic hydroxyl groups is 1. The zero-order valence-electron chi connectivity index (χ0n) is 19.4. The summed E-state index contributed by atoms with van der Waals surface area (Å²) >= 11 is 6.50. The van der Waals surface area contributed by atoms with Gasteiger partial charge in [0.25, 0.3) is 0 Å². The van der Waals surface area contributed by atoms with Gasteiger partial charge in [-0.2, -0.15) is 5.26 Å². The van der Waals surface area contributed by atoms with Gasteiger partial charge in [-0.3, -0.25) is 0 Å². The van der Waals surface area contributed by atoms with E-state index in [1.54, 1.807) is 6.20 Å². The minimum Gasteiger partial charge on any atom is -0.395 e. The zero-order chi connectivity index (χ0) is 23.8. The van der Waals surface area contributed by atoms with Gasteiger partial charge < -0.3 is 25.8 Å². The van der Waals surface area contributed by atoms with Crippen molar-refractivity contribution in [1.29, 1.82) is 5.26 Å². The van der Waals surface area contributed by atoms with Crippen LogP contribution < -0.4 is 16.0 Å². The third kappa shape index (κ3) is 6.36. The Morgan fingerprint density at radius 2 is 1.91 bits per heavy atom. The van der Waals surface area contributed by atoms with Crippen LogP contribution in [-0.2, 0) is 4.74 Å². The van der Waals surface area contributed by atoms with Crippen LogP contribution in [0.3, 0.4) is 0 Å². The Kier molecular flexibility index (Phi) is 8.57. The summed E-state index contributed by atoms with van der Waals surface area (Å²) in [5, 5.41) is 29.5. The lowest BCUT2D eigenvalue weighted by Gasteiger charge is -2.30. The van der Waals surface area contributed by atoms with Gasteiger partial charge in [-0.15, -0.1) is 0 Å². The SMILES string of the molecule is N#CC1(CNc2cccc(-c3cc(NC4CCC(NCCO)CC4)ncc3Cl)n2)CCOCC1. The highest BCUT2D eigenvalue weighted by atomic mass is 35.5. The van der Waals surface area contributed by atoms with Gasteiger partial charge in [-0.1, -0.05) is 17.7 Å². The van der Waals surface area contributed by atoms with E-state index in [-0.39, 0.29) is 6.61 Å². The van der Waals surface area contributed by atoms with Gasteiger partial charge in [0, 0.05) is 50.1 Å². The average molecular weight is 485 g/mol. The highest BCUT2D eigenvalue weighted by molar-refractivity contribution is 6.33. The van der Waals surface area contributed by atoms with E-state index in [0.717, 1.165) is 61.4 Å². The van der Waals surface area contributed by atoms with Crippen LogP contribution in [0, 0.1) is 16.7 Å². The molecule has 1 saturated heterocycles. The van der Waals surface area contributed by atoms with E-state index in [0.29, 0.717) is 43.4 Å². The lowest BCUT2D eigenvalue weighted by atomic mass is 9.82. The summed E-state index contributed by atoms with van der Waals surface area (Å²) in [6.45, 7) is 2.60. The molecule has 0 amide bonds. The predicted molar refractivity (Wildman–Crippen MR) is 134 cm³/mol. The van der Waals surface area contributed by atoms with Crippen molar-refractivity contribution in [3.63, 3.8) is 0 Å². The van der Waals surface area contributed by atoms with Gasteiger partial charge >= 0.3 is 0 Å². The molecule has 3 heterocycles. The number of rotatable bonds is 9. The molecule has 4 rings (SSSR count). The molecule has 1 saturated carbocycles. The zero-order valence-corrected chi connectivity index (χ0v) is 20.2. The van der Waals surface area contributed by atoms with Crippen molar-refractivity contribution in [2.75, 3.05) is 43.5 Å². The topological polar surface area (TPSA) is 115 Å². The maximum atomic E-state index is 9.70. The average Bonchev–Trinajstić information content (AvgIpc) is 2.89. The van der Waals surface area contributed by atoms with Crippen LogP contribution in [0.1, 0.15) is 38.5 Å². The molecule has 2 aromatic heterocycles. The van der Waals surface area contributed by atoms with Crippen molar-refractivity contribution in [3.05, 3.63) is 35.5 Å². The molecule has 0 aromatic carbocycles. The number of halogens is 1. The Balaban J connectivity index is 1.40. The summed E-state index contributed by atoms with van der Waals surface area (Å²) in [4.78, 5) is 9.24. The van der Waals surface area contributed by atoms with E-state index in [2.05, 4.69) is 27.0 Å². The molecule has 9 heteroatoms. The second-order valence-electron chi connectivity index (χ2n) is 9.19. The fraction of sp³-hybridized carbons (Fsp3) is 0.560. The Morgan fingerprint density at radius 3 is 2.65 bits per heavy atom. The molecule has 2 aliphatic rings. The number of nitriles is 1. The Hall–Kier alpha value is -2.44. The fourth-order valence-electron chi connectivity index (χ4n) is 4.67. The van der Waals surface area contributed by atoms with Crippen LogP contribution in [0.25, 0.3) is 11.3 Å². The second-order valence-corrected chi connectivity index (χ2v) is 9.59. The van der Waals surface area contributed by atoms with Crippen LogP contribution in [-0.4, -0.2) is 60.1 Å². The number of hydrogen-bond acceptors (Lipinski definition) is 8. The number of aliphatic hydroxyl groups excluding tert-OH is 1. The largest absolute Gasteiger partial charge is 0.395 e. The number of aromatic nitrogens is 2. The van der Waals surface area contributed by atoms with Crippen molar-refractivity contribution in [1.82, 2.24) is 15.3 Å². The fourth-order valence-corrected chi connectivity index (χ4v) is 4.87. The predicted octanol–water partition coefficient (Wildman–Crippen LogP) is 3.83. The normalized spacial score (nSPS) is 22.0. The van der Waals surface area contributed by atoms with Gasteiger partial charge in [-0.25, -0.2) is 9.97 Å². The first-order valence-corrected chi connectivity index (χ1v) is 12.5. The third-order valence-electron chi connectivity index (χ3n) is 6.80. The highest BCUT2D eigenvalue weighted by Crippen LogP contribution is 2.32. The van der Waals surface area contributed by atoms with Crippen molar-refractivity contribution in [2.24, 2.45) is 5.41 Å². The summed E-state index contributed by atoms with van der Waals surface area (Å²) in [6.07, 6.45) is 7.36. The minimum absolute atomic E-state index is 0.175. The van der Waals surface area contributed by atoms with Gasteiger partial charge in [-0.05, 0) is 56.7 Å². The van der Waals surface area contributed by atoms with E-state index in [9.17, 15) is 5.26 Å². The molecular formula is C25H33ClN6O2. The number of nitrogens with one attached hydrogen (secondary N) is 3. The monoisotopic (exact) mass is 484 g/mol. The van der Waals surface area contributed by atoms with Crippen LogP contribution in [0.5, 0.6) is 0 Å². The van der Waals surface area contributed by atoms with Crippen molar-refractivity contribution < 1.29 is 9.84 Å². The molecular weight excluding hydrogens is 452 g/mol. The van der Waals surface area contributed by atoms with Crippen molar-refractivity contribution in [3.8, 4) is 17.3 Å². The molecule has 2 aromatic rings. The number of pyridine rings is 2. The number of nitrogens with zero attached hydrogens (tertiary/aromatic N) is 3. The van der Waals surface area contributed by atoms with Gasteiger partial charge in [0.2, 0.25) is 0 Å². The molecule has 4 N–H and O–H groups in total. The first kappa shape index (κ1) is 24.7. The van der Waals surface area contributed by atoms with Crippen LogP contribution in [0.4, 0.5) is 11.6 Å². The summed E-state index contributed by atoms with van der Waals surface area (Å²) in [7, 11) is 0. The molecule has 0 bridgehead atoms. The first-order chi connectivity index (χ1) is 16.6. The van der Waals surface area contributed by atoms with E-state index in [4.69, 9.17) is 26.4 Å². The molecule has 0 radical (unpaired) electrons. The number of hydrogen-bond donors (Lipinski definition) is 4. The van der Waals surface area contributed by atoms with Gasteiger partial charge in [0.1, 0.15) is 11.6 Å². The summed E-state index contributed by atoms with van der Waals surface area (Å²) in [6, 6.07) is 11.1. The summed E-state index contributed by atoms with van der Waals surface area (Å²) < 4.78 is 5.42. The highest BCUT2D eigenvalue weighted by Gasteiger charge is 2.32. The maximum Gasteiger partial charge on any atom is 0.126 e. The van der Waals surface area contributed by atoms with Crippen molar-refractivity contribution >= 4 is 23.2 Å². The lowest BCUT2D eigenvalue weighted by molar-refractivity contribution is 0.0455. The third-order valence-corrected chi connectivity index (χ3v) is 7.10. The molecule has 8 nitrogen and oxygen atoms in total. The quantitative estimate of drug-likeness (QED) is 0.424. The van der Waals surface area contributed by atoms with Crippen molar-refractivity contribution in [2.45, 2.75) is 50.6 Å². The minimum atomic E-state index is -0.423. The van der Waals surface area contributed by atoms with E-state index < -0.39 is 5.41 Å². The molecule has 182 valence electrons. The lowest BCUT2D eigenvalue weighted by Crippen LogP contribution is -2.38. The standard InChI is InChI=1S/C25H33ClN6O2/c26-21-15-29-24(31-19-6-4-18(5-7-19)28-10-11-33)14-20(21)22-2-1-3-23(32-22)30-17-25(16-27)8-12-34-13-9-25/h1-3,14-15,18-19,28,33H,4-13,17H2,(H,29,31)(H,30,32). The second kappa shape index (κ2) is 11.8. The Labute approximate surface area is 206 Å². The molecule has 1 aliphatic heterocycles. The Bertz CT molecular complexity index is 984. The van der Waals surface area contributed by atoms with E-state index in [1.165, 1.54) is 0 Å². The molecule has 0 spiro atoms. The smallest absolute Gasteiger partial charge is 0.126 e. The van der Waals surface area contributed by atoms with E-state index >= 15 is 0 Å². The summed E-state index contributed by atoms with van der Waals surface area (Å²) in [5.74, 6) is 1.51. The molecule has 0 atom stereocenters. The van der Waals surface area contributed by atoms with Crippen LogP contribution in [0.2, 0.25) is 5.02 Å². The van der Waals surface area contributed by atoms with Crippen LogP contribution in [0.15, 0.2) is 30.5 Å². The summed E-state index contributed by atoms with van der Waals surface area (Å²) in [5.41, 5.74) is 1.16. The van der Waals surface area contributed by atoms with Crippen LogP contribution >= 0.6 is 11.6 Å². The maximum absolute atomic E-state index is 9.70. The molecule has 2 fully saturated rings. The van der Waals surface area contributed by atoms with E-state index in [1.807, 2.05) is 24.3 Å². The first-order valence-electron chi connectivity index (χ1n) is 12.1. The number of ether oxygens (including phenoxy) is 1. The Morgan fingerprint density at radius 1 is 1.15 bits per heavy atom. The van der Waals surface area contributed by atoms with Gasteiger partial charge in [0.15, 0.2) is 0 Å². The van der Waals surface area contributed by atoms with Gasteiger partial charge in [0.05, 0.1) is 28.8 Å². The molecule has 1 aliphatic carbocycles. The number of anilines is 2. The molecule has 34 heavy (non-hydrogen) atoms.